The largest absolute Gasteiger partial charge is 0.310 e. The molecule has 0 radical (unpaired) electrons. The highest BCUT2D eigenvalue weighted by Crippen LogP contribution is 2.61. The molecule has 0 aliphatic heterocycles. The zero-order chi connectivity index (χ0) is 41.7. The minimum absolute atomic E-state index is 0.0477. The molecular weight excluding hydrogens is 458 g/mol. The van der Waals surface area contributed by atoms with Crippen LogP contribution in [0.15, 0.2) is 115 Å². The average Bonchev–Trinajstić information content (AvgIpc) is 3.37. The van der Waals surface area contributed by atoms with Gasteiger partial charge in [-0.1, -0.05) is 120 Å². The van der Waals surface area contributed by atoms with E-state index in [1.165, 1.54) is 6.07 Å². The summed E-state index contributed by atoms with van der Waals surface area (Å²) in [5, 5.41) is 1.42. The maximum atomic E-state index is 8.83. The molecule has 0 aromatic heterocycles. The second-order valence-corrected chi connectivity index (χ2v) is 9.73. The predicted octanol–water partition coefficient (Wildman–Crippen LogP) is 10.6. The molecule has 0 atom stereocenters. The molecule has 0 bridgehead atoms. The third kappa shape index (κ3) is 3.52. The Labute approximate surface area is 253 Å². The normalized spacial score (nSPS) is 25.8. The first-order valence-electron chi connectivity index (χ1n) is 21.2. The van der Waals surface area contributed by atoms with Gasteiger partial charge in [-0.05, 0) is 80.3 Å². The van der Waals surface area contributed by atoms with Crippen LogP contribution in [0.1, 0.15) is 76.9 Å². The van der Waals surface area contributed by atoms with Gasteiger partial charge in [0.15, 0.2) is 0 Å². The van der Waals surface area contributed by atoms with Gasteiger partial charge in [-0.2, -0.15) is 0 Å². The summed E-state index contributed by atoms with van der Waals surface area (Å²) in [4.78, 5) is 1.96. The third-order valence-electron chi connectivity index (χ3n) is 7.40. The van der Waals surface area contributed by atoms with Crippen LogP contribution in [-0.2, 0) is 10.8 Å². The Balaban J connectivity index is 1.83. The Morgan fingerprint density at radius 1 is 0.526 bits per heavy atom. The fourth-order valence-corrected chi connectivity index (χ4v) is 5.27. The second kappa shape index (κ2) is 8.60. The fourth-order valence-electron chi connectivity index (χ4n) is 5.27. The van der Waals surface area contributed by atoms with Crippen molar-refractivity contribution in [3.8, 4) is 11.1 Å². The fraction of sp³-hybridized carbons (Fsp3) is 0.243. The summed E-state index contributed by atoms with van der Waals surface area (Å²) in [6.45, 7) is -25.2. The highest BCUT2D eigenvalue weighted by molar-refractivity contribution is 6.02. The Morgan fingerprint density at radius 3 is 1.76 bits per heavy atom. The number of hydrogen-bond donors (Lipinski definition) is 0. The van der Waals surface area contributed by atoms with Crippen molar-refractivity contribution < 1.29 is 24.7 Å². The Bertz CT molecular complexity index is 2160. The van der Waals surface area contributed by atoms with Gasteiger partial charge in [-0.3, -0.25) is 0 Å². The minimum atomic E-state index is -4.46. The summed E-state index contributed by atoms with van der Waals surface area (Å²) >= 11 is 0. The third-order valence-corrected chi connectivity index (χ3v) is 7.40. The smallest absolute Gasteiger partial charge is 0.0546 e. The SMILES string of the molecule is [2H]C([2H])([2H])C1(C([2H])([2H])[2H])c2ccc(-c3cc(N(c4ccccc4)c4ccccc4)c4ccccc4c3)cc2C(C([2H])([2H])[2H])(C([2H])([2H])[2H])C1(C([2H])([2H])[2H])C([2H])([2H])[2H]. The van der Waals surface area contributed by atoms with Gasteiger partial charge >= 0.3 is 0 Å². The number of fused-ring (bicyclic) bond motifs is 2. The Morgan fingerprint density at radius 2 is 1.13 bits per heavy atom. The molecule has 5 aromatic rings. The van der Waals surface area contributed by atoms with Crippen LogP contribution in [0.4, 0.5) is 17.1 Å². The minimum Gasteiger partial charge on any atom is -0.310 e. The Kier molecular flexibility index (Phi) is 2.60. The first-order chi connectivity index (χ1) is 25.6. The molecule has 1 nitrogen and oxygen atoms in total. The van der Waals surface area contributed by atoms with Crippen LogP contribution < -0.4 is 4.90 Å². The number of para-hydroxylation sites is 2. The van der Waals surface area contributed by atoms with E-state index in [0.29, 0.717) is 16.6 Å². The molecule has 0 N–H and O–H groups in total. The predicted molar refractivity (Wildman–Crippen MR) is 164 cm³/mol. The van der Waals surface area contributed by atoms with Crippen LogP contribution in [0.5, 0.6) is 0 Å². The van der Waals surface area contributed by atoms with Gasteiger partial charge in [0.05, 0.1) is 5.69 Å². The lowest BCUT2D eigenvalue weighted by Gasteiger charge is -2.44. The standard InChI is InChI=1S/C37H37N/c1-35(2)32-22-21-26(24-33(32)36(3,4)37(35,5)6)28-23-27-15-13-14-20-31(27)34(25-28)38(29-16-9-7-10-17-29)30-18-11-8-12-19-30/h7-25H,1-6H3/i1D3,2D3,3D3,4D3,5D3,6D3. The summed E-state index contributed by atoms with van der Waals surface area (Å²) in [5.41, 5.74) is -12.2. The van der Waals surface area contributed by atoms with Gasteiger partial charge in [-0.15, -0.1) is 0 Å². The van der Waals surface area contributed by atoms with Gasteiger partial charge in [-0.25, -0.2) is 0 Å². The molecule has 0 saturated carbocycles. The lowest BCUT2D eigenvalue weighted by molar-refractivity contribution is 0.125. The van der Waals surface area contributed by atoms with E-state index in [1.807, 2.05) is 83.8 Å². The van der Waals surface area contributed by atoms with Crippen molar-refractivity contribution in [1.29, 1.82) is 0 Å². The van der Waals surface area contributed by atoms with E-state index in [0.717, 1.165) is 28.9 Å². The lowest BCUT2D eigenvalue weighted by atomic mass is 9.59. The van der Waals surface area contributed by atoms with Gasteiger partial charge in [0.25, 0.3) is 0 Å². The number of benzene rings is 5. The van der Waals surface area contributed by atoms with Crippen LogP contribution in [0.25, 0.3) is 21.9 Å². The molecule has 0 saturated heterocycles. The number of anilines is 3. The maximum absolute atomic E-state index is 8.83. The molecule has 1 aliphatic carbocycles. The van der Waals surface area contributed by atoms with Crippen molar-refractivity contribution in [3.05, 3.63) is 126 Å². The first-order valence-corrected chi connectivity index (χ1v) is 12.2. The number of rotatable bonds is 4. The van der Waals surface area contributed by atoms with Gasteiger partial charge < -0.3 is 4.90 Å². The highest BCUT2D eigenvalue weighted by atomic mass is 15.1. The Hall–Kier alpha value is -3.84. The monoisotopic (exact) mass is 513 g/mol. The van der Waals surface area contributed by atoms with Crippen molar-refractivity contribution in [2.75, 3.05) is 4.90 Å². The molecule has 1 aliphatic rings. The summed E-state index contributed by atoms with van der Waals surface area (Å²) in [5.74, 6) is 0. The van der Waals surface area contributed by atoms with Crippen molar-refractivity contribution in [1.82, 2.24) is 0 Å². The van der Waals surface area contributed by atoms with Crippen LogP contribution in [-0.4, -0.2) is 0 Å². The molecule has 0 unspecified atom stereocenters. The molecule has 38 heavy (non-hydrogen) atoms. The van der Waals surface area contributed by atoms with E-state index < -0.39 is 68.5 Å². The van der Waals surface area contributed by atoms with Gasteiger partial charge in [0.2, 0.25) is 0 Å². The van der Waals surface area contributed by atoms with Crippen LogP contribution in [0.2, 0.25) is 0 Å². The first kappa shape index (κ1) is 11.5. The van der Waals surface area contributed by atoms with Crippen LogP contribution in [0.3, 0.4) is 0 Å². The zero-order valence-corrected chi connectivity index (χ0v) is 20.4. The number of nitrogens with zero attached hydrogens (tertiary/aromatic N) is 1. The molecule has 0 spiro atoms. The average molecular weight is 514 g/mol. The van der Waals surface area contributed by atoms with Crippen molar-refractivity contribution in [2.24, 2.45) is 5.41 Å². The van der Waals surface area contributed by atoms with Crippen molar-refractivity contribution in [2.45, 2.75) is 51.9 Å². The van der Waals surface area contributed by atoms with Gasteiger partial charge in [0, 0.05) is 41.4 Å². The van der Waals surface area contributed by atoms with Crippen molar-refractivity contribution >= 4 is 27.8 Å². The molecule has 6 rings (SSSR count). The molecule has 5 aromatic carbocycles. The molecule has 0 amide bonds. The quantitative estimate of drug-likeness (QED) is 0.231. The van der Waals surface area contributed by atoms with E-state index in [9.17, 15) is 0 Å². The maximum Gasteiger partial charge on any atom is 0.0546 e. The van der Waals surface area contributed by atoms with E-state index in [-0.39, 0.29) is 5.56 Å². The summed E-state index contributed by atoms with van der Waals surface area (Å²) in [7, 11) is 0. The molecule has 190 valence electrons. The van der Waals surface area contributed by atoms with Crippen molar-refractivity contribution in [3.63, 3.8) is 0 Å². The summed E-state index contributed by atoms with van der Waals surface area (Å²) in [6.07, 6.45) is 0. The highest BCUT2D eigenvalue weighted by Gasteiger charge is 2.56. The van der Waals surface area contributed by atoms with Gasteiger partial charge in [0.1, 0.15) is 0 Å². The van der Waals surface area contributed by atoms with Crippen LogP contribution >= 0.6 is 0 Å². The summed E-state index contributed by atoms with van der Waals surface area (Å²) in [6, 6.07) is 32.5. The van der Waals surface area contributed by atoms with E-state index >= 15 is 0 Å². The van der Waals surface area contributed by atoms with E-state index in [2.05, 4.69) is 0 Å². The summed E-state index contributed by atoms with van der Waals surface area (Å²) < 4.78 is 158. The zero-order valence-electron chi connectivity index (χ0n) is 38.4. The molecule has 0 fully saturated rings. The molecular formula is C37H37N. The topological polar surface area (TPSA) is 3.24 Å². The second-order valence-electron chi connectivity index (χ2n) is 9.73. The number of hydrogen-bond acceptors (Lipinski definition) is 1. The molecule has 1 heteroatoms. The van der Waals surface area contributed by atoms with E-state index in [4.69, 9.17) is 24.7 Å². The lowest BCUT2D eigenvalue weighted by Crippen LogP contribution is -2.42. The molecule has 0 heterocycles. The van der Waals surface area contributed by atoms with Crippen LogP contribution in [0, 0.1) is 5.41 Å². The van der Waals surface area contributed by atoms with E-state index in [1.54, 1.807) is 18.2 Å².